The average molecular weight is 249 g/mol. The molecule has 1 aromatic rings. The van der Waals surface area contributed by atoms with E-state index >= 15 is 0 Å². The number of ether oxygens (including phenoxy) is 1. The largest absolute Gasteiger partial charge is 0.469 e. The zero-order chi connectivity index (χ0) is 13.5. The van der Waals surface area contributed by atoms with Gasteiger partial charge < -0.3 is 10.1 Å². The summed E-state index contributed by atoms with van der Waals surface area (Å²) >= 11 is 0. The fourth-order valence-electron chi connectivity index (χ4n) is 1.59. The SMILES string of the molecule is COC(=O)CCCC(=O)Nc1cccc(C)c1C. The predicted molar refractivity (Wildman–Crippen MR) is 70.4 cm³/mol. The number of carbonyl (C=O) groups excluding carboxylic acids is 2. The molecule has 0 aliphatic heterocycles. The van der Waals surface area contributed by atoms with Crippen molar-refractivity contribution >= 4 is 17.6 Å². The van der Waals surface area contributed by atoms with Gasteiger partial charge in [0.2, 0.25) is 5.91 Å². The van der Waals surface area contributed by atoms with Crippen LogP contribution in [-0.4, -0.2) is 19.0 Å². The van der Waals surface area contributed by atoms with Gasteiger partial charge in [0.1, 0.15) is 0 Å². The number of nitrogens with one attached hydrogen (secondary N) is 1. The van der Waals surface area contributed by atoms with Gasteiger partial charge in [0.25, 0.3) is 0 Å². The molecule has 0 saturated heterocycles. The third kappa shape index (κ3) is 4.20. The average Bonchev–Trinajstić information content (AvgIpc) is 2.34. The number of esters is 1. The minimum atomic E-state index is -0.283. The van der Waals surface area contributed by atoms with Crippen molar-refractivity contribution in [3.05, 3.63) is 29.3 Å². The van der Waals surface area contributed by atoms with Crippen molar-refractivity contribution in [3.63, 3.8) is 0 Å². The first-order valence-corrected chi connectivity index (χ1v) is 5.97. The van der Waals surface area contributed by atoms with Crippen LogP contribution in [0.25, 0.3) is 0 Å². The second kappa shape index (κ2) is 6.79. The molecule has 0 aliphatic carbocycles. The highest BCUT2D eigenvalue weighted by Gasteiger charge is 2.07. The summed E-state index contributed by atoms with van der Waals surface area (Å²) in [6.07, 6.45) is 1.10. The van der Waals surface area contributed by atoms with Crippen LogP contribution in [0.2, 0.25) is 0 Å². The minimum absolute atomic E-state index is 0.0763. The lowest BCUT2D eigenvalue weighted by atomic mass is 10.1. The standard InChI is InChI=1S/C14H19NO3/c1-10-6-4-7-12(11(10)2)15-13(16)8-5-9-14(17)18-3/h4,6-7H,5,8-9H2,1-3H3,(H,15,16). The Morgan fingerprint density at radius 3 is 2.61 bits per heavy atom. The van der Waals surface area contributed by atoms with Gasteiger partial charge in [-0.1, -0.05) is 12.1 Å². The Hall–Kier alpha value is -1.84. The number of anilines is 1. The first-order chi connectivity index (χ1) is 8.54. The molecule has 1 aromatic carbocycles. The molecule has 4 heteroatoms. The number of aryl methyl sites for hydroxylation is 1. The van der Waals surface area contributed by atoms with E-state index in [0.717, 1.165) is 16.8 Å². The van der Waals surface area contributed by atoms with E-state index in [9.17, 15) is 9.59 Å². The summed E-state index contributed by atoms with van der Waals surface area (Å²) in [7, 11) is 1.35. The smallest absolute Gasteiger partial charge is 0.305 e. The molecule has 0 aliphatic rings. The normalized spacial score (nSPS) is 9.94. The molecular formula is C14H19NO3. The van der Waals surface area contributed by atoms with Crippen LogP contribution in [0.15, 0.2) is 18.2 Å². The van der Waals surface area contributed by atoms with Gasteiger partial charge in [-0.3, -0.25) is 9.59 Å². The number of hydrogen-bond acceptors (Lipinski definition) is 3. The van der Waals surface area contributed by atoms with Crippen LogP contribution in [0.4, 0.5) is 5.69 Å². The van der Waals surface area contributed by atoms with Crippen LogP contribution < -0.4 is 5.32 Å². The molecule has 0 atom stereocenters. The maximum absolute atomic E-state index is 11.7. The molecule has 0 bridgehead atoms. The second-order valence-electron chi connectivity index (χ2n) is 4.23. The maximum atomic E-state index is 11.7. The lowest BCUT2D eigenvalue weighted by Gasteiger charge is -2.10. The quantitative estimate of drug-likeness (QED) is 0.816. The fourth-order valence-corrected chi connectivity index (χ4v) is 1.59. The molecule has 1 rings (SSSR count). The zero-order valence-corrected chi connectivity index (χ0v) is 11.1. The van der Waals surface area contributed by atoms with Gasteiger partial charge in [-0.2, -0.15) is 0 Å². The van der Waals surface area contributed by atoms with Gasteiger partial charge in [0.05, 0.1) is 7.11 Å². The Balaban J connectivity index is 2.45. The van der Waals surface area contributed by atoms with Crippen LogP contribution in [0.1, 0.15) is 30.4 Å². The molecular weight excluding hydrogens is 230 g/mol. The first kappa shape index (κ1) is 14.2. The third-order valence-corrected chi connectivity index (χ3v) is 2.89. The highest BCUT2D eigenvalue weighted by molar-refractivity contribution is 5.91. The van der Waals surface area contributed by atoms with Crippen molar-refractivity contribution in [1.82, 2.24) is 0 Å². The number of hydrogen-bond donors (Lipinski definition) is 1. The first-order valence-electron chi connectivity index (χ1n) is 5.97. The van der Waals surface area contributed by atoms with Crippen LogP contribution in [0, 0.1) is 13.8 Å². The highest BCUT2D eigenvalue weighted by atomic mass is 16.5. The van der Waals surface area contributed by atoms with Gasteiger partial charge in [0, 0.05) is 18.5 Å². The van der Waals surface area contributed by atoms with E-state index in [1.165, 1.54) is 7.11 Å². The number of methoxy groups -OCH3 is 1. The lowest BCUT2D eigenvalue weighted by Crippen LogP contribution is -2.13. The van der Waals surface area contributed by atoms with Crippen molar-refractivity contribution in [2.24, 2.45) is 0 Å². The van der Waals surface area contributed by atoms with E-state index in [0.29, 0.717) is 12.8 Å². The number of rotatable bonds is 5. The molecule has 18 heavy (non-hydrogen) atoms. The van der Waals surface area contributed by atoms with E-state index in [2.05, 4.69) is 10.1 Å². The molecule has 0 radical (unpaired) electrons. The van der Waals surface area contributed by atoms with Gasteiger partial charge in [-0.25, -0.2) is 0 Å². The summed E-state index contributed by atoms with van der Waals surface area (Å²) in [6, 6.07) is 5.79. The summed E-state index contributed by atoms with van der Waals surface area (Å²) in [5.41, 5.74) is 3.04. The van der Waals surface area contributed by atoms with Crippen LogP contribution in [0.3, 0.4) is 0 Å². The summed E-state index contributed by atoms with van der Waals surface area (Å²) in [5.74, 6) is -0.359. The Bertz CT molecular complexity index is 441. The zero-order valence-electron chi connectivity index (χ0n) is 11.1. The maximum Gasteiger partial charge on any atom is 0.305 e. The Morgan fingerprint density at radius 2 is 1.94 bits per heavy atom. The lowest BCUT2D eigenvalue weighted by molar-refractivity contribution is -0.140. The summed E-state index contributed by atoms with van der Waals surface area (Å²) in [5, 5.41) is 2.85. The van der Waals surface area contributed by atoms with Gasteiger partial charge in [0.15, 0.2) is 0 Å². The van der Waals surface area contributed by atoms with E-state index in [1.807, 2.05) is 32.0 Å². The van der Waals surface area contributed by atoms with Crippen molar-refractivity contribution in [3.8, 4) is 0 Å². The van der Waals surface area contributed by atoms with Gasteiger partial charge >= 0.3 is 5.97 Å². The molecule has 0 spiro atoms. The van der Waals surface area contributed by atoms with Crippen molar-refractivity contribution in [2.75, 3.05) is 12.4 Å². The molecule has 0 saturated carbocycles. The van der Waals surface area contributed by atoms with Crippen molar-refractivity contribution in [1.29, 1.82) is 0 Å². The minimum Gasteiger partial charge on any atom is -0.469 e. The third-order valence-electron chi connectivity index (χ3n) is 2.89. The van der Waals surface area contributed by atoms with E-state index in [-0.39, 0.29) is 18.3 Å². The summed E-state index contributed by atoms with van der Waals surface area (Å²) in [4.78, 5) is 22.6. The summed E-state index contributed by atoms with van der Waals surface area (Å²) in [6.45, 7) is 3.97. The Labute approximate surface area is 107 Å². The molecule has 0 fully saturated rings. The van der Waals surface area contributed by atoms with Crippen LogP contribution in [-0.2, 0) is 14.3 Å². The molecule has 1 amide bonds. The van der Waals surface area contributed by atoms with Crippen LogP contribution in [0.5, 0.6) is 0 Å². The van der Waals surface area contributed by atoms with E-state index in [1.54, 1.807) is 0 Å². The highest BCUT2D eigenvalue weighted by Crippen LogP contribution is 2.18. The van der Waals surface area contributed by atoms with E-state index < -0.39 is 0 Å². The summed E-state index contributed by atoms with van der Waals surface area (Å²) < 4.78 is 4.51. The number of carbonyl (C=O) groups is 2. The molecule has 98 valence electrons. The van der Waals surface area contributed by atoms with Crippen molar-refractivity contribution < 1.29 is 14.3 Å². The molecule has 0 heterocycles. The molecule has 0 unspecified atom stereocenters. The predicted octanol–water partition coefficient (Wildman–Crippen LogP) is 2.59. The Kier molecular flexibility index (Phi) is 5.36. The van der Waals surface area contributed by atoms with Crippen LogP contribution >= 0.6 is 0 Å². The van der Waals surface area contributed by atoms with E-state index in [4.69, 9.17) is 0 Å². The number of amides is 1. The fraction of sp³-hybridized carbons (Fsp3) is 0.429. The molecule has 0 aromatic heterocycles. The second-order valence-corrected chi connectivity index (χ2v) is 4.23. The molecule has 1 N–H and O–H groups in total. The molecule has 4 nitrogen and oxygen atoms in total. The van der Waals surface area contributed by atoms with Crippen molar-refractivity contribution in [2.45, 2.75) is 33.1 Å². The Morgan fingerprint density at radius 1 is 1.22 bits per heavy atom. The topological polar surface area (TPSA) is 55.4 Å². The van der Waals surface area contributed by atoms with Gasteiger partial charge in [-0.05, 0) is 37.5 Å². The van der Waals surface area contributed by atoms with Gasteiger partial charge in [-0.15, -0.1) is 0 Å². The number of benzene rings is 1. The monoisotopic (exact) mass is 249 g/mol.